The number of methoxy groups -OCH3 is 1. The van der Waals surface area contributed by atoms with E-state index in [1.165, 1.54) is 12.8 Å². The van der Waals surface area contributed by atoms with Crippen molar-refractivity contribution >= 4 is 18.2 Å². The maximum Gasteiger partial charge on any atom is 0.179 e. The molecule has 1 fully saturated rings. The molecule has 1 aliphatic heterocycles. The Kier molecular flexibility index (Phi) is 6.32. The minimum absolute atomic E-state index is 0. The Labute approximate surface area is 121 Å². The van der Waals surface area contributed by atoms with Crippen LogP contribution in [0.4, 0.5) is 0 Å². The van der Waals surface area contributed by atoms with Crippen LogP contribution in [-0.4, -0.2) is 36.9 Å². The van der Waals surface area contributed by atoms with Crippen molar-refractivity contribution in [2.24, 2.45) is 0 Å². The number of ether oxygens (including phenoxy) is 1. The van der Waals surface area contributed by atoms with E-state index in [-0.39, 0.29) is 24.2 Å². The van der Waals surface area contributed by atoms with Crippen LogP contribution < -0.4 is 4.74 Å². The molecule has 0 amide bonds. The predicted octanol–water partition coefficient (Wildman–Crippen LogP) is 3.17. The third-order valence-electron chi connectivity index (χ3n) is 3.65. The summed E-state index contributed by atoms with van der Waals surface area (Å²) < 4.78 is 5.11. The Morgan fingerprint density at radius 3 is 2.32 bits per heavy atom. The number of carbonyl (C=O) groups is 1. The fourth-order valence-corrected chi connectivity index (χ4v) is 2.61. The number of nitrogens with zero attached hydrogens (tertiary/aromatic N) is 1. The highest BCUT2D eigenvalue weighted by Gasteiger charge is 2.27. The number of halogens is 1. The van der Waals surface area contributed by atoms with Gasteiger partial charge in [-0.25, -0.2) is 0 Å². The molecule has 2 rings (SSSR count). The molecular formula is C15H22ClNO2. The molecule has 0 aromatic heterocycles. The van der Waals surface area contributed by atoms with Gasteiger partial charge in [0.2, 0.25) is 0 Å². The van der Waals surface area contributed by atoms with Gasteiger partial charge in [-0.3, -0.25) is 9.69 Å². The van der Waals surface area contributed by atoms with E-state index in [2.05, 4.69) is 11.8 Å². The summed E-state index contributed by atoms with van der Waals surface area (Å²) in [6.45, 7) is 4.20. The highest BCUT2D eigenvalue weighted by atomic mass is 35.5. The van der Waals surface area contributed by atoms with Crippen LogP contribution in [0.1, 0.15) is 36.5 Å². The molecule has 0 radical (unpaired) electrons. The Morgan fingerprint density at radius 1 is 1.26 bits per heavy atom. The quantitative estimate of drug-likeness (QED) is 0.778. The topological polar surface area (TPSA) is 29.5 Å². The lowest BCUT2D eigenvalue weighted by Crippen LogP contribution is -2.38. The molecule has 3 nitrogen and oxygen atoms in total. The van der Waals surface area contributed by atoms with Crippen LogP contribution in [0.25, 0.3) is 0 Å². The van der Waals surface area contributed by atoms with Gasteiger partial charge in [-0.15, -0.1) is 12.4 Å². The first-order valence-corrected chi connectivity index (χ1v) is 6.68. The summed E-state index contributed by atoms with van der Waals surface area (Å²) in [4.78, 5) is 14.8. The van der Waals surface area contributed by atoms with Crippen molar-refractivity contribution in [2.45, 2.75) is 32.2 Å². The molecule has 1 saturated heterocycles. The van der Waals surface area contributed by atoms with E-state index in [1.54, 1.807) is 7.11 Å². The van der Waals surface area contributed by atoms with Crippen molar-refractivity contribution in [1.82, 2.24) is 4.90 Å². The fourth-order valence-electron chi connectivity index (χ4n) is 2.61. The van der Waals surface area contributed by atoms with Crippen molar-refractivity contribution in [3.63, 3.8) is 0 Å². The first-order chi connectivity index (χ1) is 8.76. The molecule has 4 heteroatoms. The molecule has 106 valence electrons. The number of carbonyl (C=O) groups excluding carboxylic acids is 1. The van der Waals surface area contributed by atoms with Gasteiger partial charge in [-0.1, -0.05) is 6.92 Å². The molecule has 0 saturated carbocycles. The monoisotopic (exact) mass is 283 g/mol. The molecule has 0 aliphatic carbocycles. The van der Waals surface area contributed by atoms with Gasteiger partial charge < -0.3 is 4.74 Å². The van der Waals surface area contributed by atoms with Crippen molar-refractivity contribution in [3.8, 4) is 5.75 Å². The maximum absolute atomic E-state index is 12.5. The smallest absolute Gasteiger partial charge is 0.179 e. The van der Waals surface area contributed by atoms with E-state index in [1.807, 2.05) is 24.3 Å². The molecule has 1 aromatic rings. The molecule has 0 spiro atoms. The Morgan fingerprint density at radius 2 is 1.84 bits per heavy atom. The van der Waals surface area contributed by atoms with Crippen LogP contribution in [0.3, 0.4) is 0 Å². The maximum atomic E-state index is 12.5. The Balaban J connectivity index is 0.00000180. The highest BCUT2D eigenvalue weighted by Crippen LogP contribution is 2.19. The number of benzene rings is 1. The number of rotatable bonds is 5. The van der Waals surface area contributed by atoms with E-state index < -0.39 is 0 Å². The van der Waals surface area contributed by atoms with Crippen molar-refractivity contribution in [3.05, 3.63) is 29.8 Å². The van der Waals surface area contributed by atoms with Gasteiger partial charge in [-0.2, -0.15) is 0 Å². The molecule has 1 aromatic carbocycles. The number of likely N-dealkylation sites (tertiary alicyclic amines) is 1. The van der Waals surface area contributed by atoms with Gasteiger partial charge in [0.15, 0.2) is 5.78 Å². The minimum Gasteiger partial charge on any atom is -0.497 e. The zero-order valence-electron chi connectivity index (χ0n) is 11.6. The van der Waals surface area contributed by atoms with Crippen LogP contribution in [0, 0.1) is 0 Å². The van der Waals surface area contributed by atoms with Gasteiger partial charge >= 0.3 is 0 Å². The van der Waals surface area contributed by atoms with Crippen LogP contribution in [-0.2, 0) is 0 Å². The van der Waals surface area contributed by atoms with Gasteiger partial charge in [0.1, 0.15) is 5.75 Å². The largest absolute Gasteiger partial charge is 0.497 e. The molecule has 0 N–H and O–H groups in total. The van der Waals surface area contributed by atoms with E-state index in [4.69, 9.17) is 4.74 Å². The second-order valence-corrected chi connectivity index (χ2v) is 4.76. The SMILES string of the molecule is CCC(C(=O)c1ccc(OC)cc1)N1CCCC1.Cl. The predicted molar refractivity (Wildman–Crippen MR) is 79.5 cm³/mol. The molecule has 1 aliphatic rings. The average Bonchev–Trinajstić information content (AvgIpc) is 2.93. The summed E-state index contributed by atoms with van der Waals surface area (Å²) in [6, 6.07) is 7.47. The lowest BCUT2D eigenvalue weighted by molar-refractivity contribution is 0.0844. The lowest BCUT2D eigenvalue weighted by Gasteiger charge is -2.25. The first kappa shape index (κ1) is 16.0. The third-order valence-corrected chi connectivity index (χ3v) is 3.65. The molecule has 1 heterocycles. The second-order valence-electron chi connectivity index (χ2n) is 4.76. The standard InChI is InChI=1S/C15H21NO2.ClH/c1-3-14(16-10-4-5-11-16)15(17)12-6-8-13(18-2)9-7-12;/h6-9,14H,3-5,10-11H2,1-2H3;1H. The van der Waals surface area contributed by atoms with Gasteiger partial charge in [-0.05, 0) is 56.6 Å². The van der Waals surface area contributed by atoms with E-state index >= 15 is 0 Å². The molecular weight excluding hydrogens is 262 g/mol. The van der Waals surface area contributed by atoms with Crippen molar-refractivity contribution in [2.75, 3.05) is 20.2 Å². The zero-order chi connectivity index (χ0) is 13.0. The normalized spacial score (nSPS) is 16.7. The fraction of sp³-hybridized carbons (Fsp3) is 0.533. The zero-order valence-corrected chi connectivity index (χ0v) is 12.4. The summed E-state index contributed by atoms with van der Waals surface area (Å²) in [5.41, 5.74) is 0.787. The number of Topliss-reactive ketones (excluding diaryl/α,β-unsaturated/α-hetero) is 1. The molecule has 19 heavy (non-hydrogen) atoms. The van der Waals surface area contributed by atoms with Crippen molar-refractivity contribution in [1.29, 1.82) is 0 Å². The van der Waals surface area contributed by atoms with Gasteiger partial charge in [0.25, 0.3) is 0 Å². The van der Waals surface area contributed by atoms with Crippen LogP contribution in [0.5, 0.6) is 5.75 Å². The highest BCUT2D eigenvalue weighted by molar-refractivity contribution is 6.00. The average molecular weight is 284 g/mol. The van der Waals surface area contributed by atoms with Gasteiger partial charge in [0.05, 0.1) is 13.2 Å². The van der Waals surface area contributed by atoms with Crippen molar-refractivity contribution < 1.29 is 9.53 Å². The van der Waals surface area contributed by atoms with Crippen LogP contribution in [0.15, 0.2) is 24.3 Å². The first-order valence-electron chi connectivity index (χ1n) is 6.68. The van der Waals surface area contributed by atoms with E-state index in [0.717, 1.165) is 30.8 Å². The molecule has 1 atom stereocenters. The van der Waals surface area contributed by atoms with E-state index in [0.29, 0.717) is 0 Å². The summed E-state index contributed by atoms with van der Waals surface area (Å²) in [6.07, 6.45) is 3.31. The van der Waals surface area contributed by atoms with Crippen LogP contribution in [0.2, 0.25) is 0 Å². The Hall–Kier alpha value is -1.06. The summed E-state index contributed by atoms with van der Waals surface area (Å²) in [5, 5.41) is 0. The molecule has 0 bridgehead atoms. The minimum atomic E-state index is 0. The lowest BCUT2D eigenvalue weighted by atomic mass is 10.0. The second kappa shape index (κ2) is 7.51. The van der Waals surface area contributed by atoms with E-state index in [9.17, 15) is 4.79 Å². The van der Waals surface area contributed by atoms with Gasteiger partial charge in [0, 0.05) is 5.56 Å². The number of ketones is 1. The molecule has 1 unspecified atom stereocenters. The summed E-state index contributed by atoms with van der Waals surface area (Å²) in [7, 11) is 1.63. The number of hydrogen-bond acceptors (Lipinski definition) is 3. The number of hydrogen-bond donors (Lipinski definition) is 0. The Bertz CT molecular complexity index is 399. The summed E-state index contributed by atoms with van der Waals surface area (Å²) >= 11 is 0. The van der Waals surface area contributed by atoms with Crippen LogP contribution >= 0.6 is 12.4 Å². The third kappa shape index (κ3) is 3.71. The summed E-state index contributed by atoms with van der Waals surface area (Å²) in [5.74, 6) is 1.03.